The molecular weight excluding hydrogens is 262 g/mol. The quantitative estimate of drug-likeness (QED) is 0.831. The maximum absolute atomic E-state index is 3.42. The van der Waals surface area contributed by atoms with Crippen LogP contribution in [0.4, 0.5) is 0 Å². The van der Waals surface area contributed by atoms with Crippen LogP contribution in [0.2, 0.25) is 0 Å². The van der Waals surface area contributed by atoms with Crippen LogP contribution < -0.4 is 5.32 Å². The van der Waals surface area contributed by atoms with E-state index in [0.717, 1.165) is 24.3 Å². The molecular formula is C18H25NS. The molecule has 3 unspecified atom stereocenters. The van der Waals surface area contributed by atoms with Crippen LogP contribution in [0.3, 0.4) is 0 Å². The van der Waals surface area contributed by atoms with Crippen LogP contribution in [0.5, 0.6) is 0 Å². The zero-order valence-electron chi connectivity index (χ0n) is 12.6. The Labute approximate surface area is 126 Å². The monoisotopic (exact) mass is 287 g/mol. The van der Waals surface area contributed by atoms with Gasteiger partial charge in [0.1, 0.15) is 0 Å². The lowest BCUT2D eigenvalue weighted by atomic mass is 9.70. The van der Waals surface area contributed by atoms with E-state index in [4.69, 9.17) is 0 Å². The predicted octanol–water partition coefficient (Wildman–Crippen LogP) is 5.03. The van der Waals surface area contributed by atoms with Crippen LogP contribution in [-0.4, -0.2) is 13.6 Å². The van der Waals surface area contributed by atoms with Crippen LogP contribution in [0.1, 0.15) is 44.1 Å². The molecule has 1 aromatic heterocycles. The summed E-state index contributed by atoms with van der Waals surface area (Å²) in [5.74, 6) is 2.46. The molecule has 2 heteroatoms. The minimum absolute atomic E-state index is 0.739. The van der Waals surface area contributed by atoms with Gasteiger partial charge in [-0.3, -0.25) is 0 Å². The zero-order chi connectivity index (χ0) is 13.9. The Bertz CT molecular complexity index is 559. The summed E-state index contributed by atoms with van der Waals surface area (Å²) in [5.41, 5.74) is 1.61. The van der Waals surface area contributed by atoms with Gasteiger partial charge >= 0.3 is 0 Å². The van der Waals surface area contributed by atoms with Gasteiger partial charge in [0.15, 0.2) is 0 Å². The Morgan fingerprint density at radius 1 is 1.25 bits per heavy atom. The van der Waals surface area contributed by atoms with Crippen molar-refractivity contribution in [3.8, 4) is 0 Å². The first kappa shape index (κ1) is 14.1. The average molecular weight is 287 g/mol. The number of thiophene rings is 1. The van der Waals surface area contributed by atoms with E-state index in [1.54, 1.807) is 5.56 Å². The summed E-state index contributed by atoms with van der Waals surface area (Å²) in [4.78, 5) is 0. The molecule has 0 spiro atoms. The van der Waals surface area contributed by atoms with Gasteiger partial charge in [-0.05, 0) is 66.6 Å². The summed E-state index contributed by atoms with van der Waals surface area (Å²) in [5, 5.41) is 7.08. The van der Waals surface area contributed by atoms with Crippen molar-refractivity contribution in [2.24, 2.45) is 11.8 Å². The van der Waals surface area contributed by atoms with Gasteiger partial charge in [0.2, 0.25) is 0 Å². The molecule has 0 amide bonds. The van der Waals surface area contributed by atoms with Gasteiger partial charge in [-0.15, -0.1) is 11.3 Å². The van der Waals surface area contributed by atoms with Crippen LogP contribution in [0, 0.1) is 11.8 Å². The SMILES string of the molecule is CCC1CCC(CNC)C(c2cccc3ccsc23)C1. The maximum atomic E-state index is 3.42. The van der Waals surface area contributed by atoms with Gasteiger partial charge in [-0.25, -0.2) is 0 Å². The van der Waals surface area contributed by atoms with Crippen molar-refractivity contribution in [3.63, 3.8) is 0 Å². The first-order chi connectivity index (χ1) is 9.83. The van der Waals surface area contributed by atoms with Gasteiger partial charge < -0.3 is 5.32 Å². The fourth-order valence-corrected chi connectivity index (χ4v) is 4.87. The van der Waals surface area contributed by atoms with Crippen molar-refractivity contribution in [1.29, 1.82) is 0 Å². The number of rotatable bonds is 4. The molecule has 1 aromatic carbocycles. The van der Waals surface area contributed by atoms with E-state index in [9.17, 15) is 0 Å². The van der Waals surface area contributed by atoms with E-state index in [1.807, 2.05) is 11.3 Å². The Balaban J connectivity index is 1.96. The van der Waals surface area contributed by atoms with Gasteiger partial charge in [0, 0.05) is 4.70 Å². The van der Waals surface area contributed by atoms with Gasteiger partial charge in [0.25, 0.3) is 0 Å². The van der Waals surface area contributed by atoms with E-state index < -0.39 is 0 Å². The average Bonchev–Trinajstić information content (AvgIpc) is 2.96. The molecule has 1 saturated carbocycles. The van der Waals surface area contributed by atoms with E-state index in [1.165, 1.54) is 35.8 Å². The van der Waals surface area contributed by atoms with Gasteiger partial charge in [-0.1, -0.05) is 38.0 Å². The number of benzene rings is 1. The molecule has 1 fully saturated rings. The van der Waals surface area contributed by atoms with Crippen molar-refractivity contribution in [1.82, 2.24) is 5.32 Å². The van der Waals surface area contributed by atoms with Crippen molar-refractivity contribution in [3.05, 3.63) is 35.2 Å². The van der Waals surface area contributed by atoms with Crippen LogP contribution in [-0.2, 0) is 0 Å². The van der Waals surface area contributed by atoms with Gasteiger partial charge in [-0.2, -0.15) is 0 Å². The van der Waals surface area contributed by atoms with E-state index >= 15 is 0 Å². The standard InChI is InChI=1S/C18H25NS/c1-3-13-7-8-15(12-19-2)17(11-13)16-6-4-5-14-9-10-20-18(14)16/h4-6,9-10,13,15,17,19H,3,7-8,11-12H2,1-2H3. The third kappa shape index (κ3) is 2.64. The molecule has 0 saturated heterocycles. The van der Waals surface area contributed by atoms with E-state index in [2.05, 4.69) is 48.9 Å². The molecule has 1 heterocycles. The molecule has 3 atom stereocenters. The molecule has 108 valence electrons. The minimum Gasteiger partial charge on any atom is -0.319 e. The third-order valence-electron chi connectivity index (χ3n) is 5.05. The van der Waals surface area contributed by atoms with Crippen molar-refractivity contribution in [2.45, 2.75) is 38.5 Å². The first-order valence-electron chi connectivity index (χ1n) is 7.94. The fourth-order valence-electron chi connectivity index (χ4n) is 3.89. The van der Waals surface area contributed by atoms with E-state index in [-0.39, 0.29) is 0 Å². The zero-order valence-corrected chi connectivity index (χ0v) is 13.4. The topological polar surface area (TPSA) is 12.0 Å². The normalized spacial score (nSPS) is 27.0. The highest BCUT2D eigenvalue weighted by molar-refractivity contribution is 7.17. The summed E-state index contributed by atoms with van der Waals surface area (Å²) in [6.07, 6.45) is 5.51. The molecule has 20 heavy (non-hydrogen) atoms. The van der Waals surface area contributed by atoms with Gasteiger partial charge in [0.05, 0.1) is 0 Å². The summed E-state index contributed by atoms with van der Waals surface area (Å²) in [6.45, 7) is 3.51. The van der Waals surface area contributed by atoms with E-state index in [0.29, 0.717) is 0 Å². The lowest BCUT2D eigenvalue weighted by molar-refractivity contribution is 0.229. The van der Waals surface area contributed by atoms with Crippen molar-refractivity contribution < 1.29 is 0 Å². The number of hydrogen-bond donors (Lipinski definition) is 1. The summed E-state index contributed by atoms with van der Waals surface area (Å²) < 4.78 is 1.52. The summed E-state index contributed by atoms with van der Waals surface area (Å²) in [7, 11) is 2.09. The van der Waals surface area contributed by atoms with Crippen LogP contribution >= 0.6 is 11.3 Å². The van der Waals surface area contributed by atoms with Crippen LogP contribution in [0.15, 0.2) is 29.6 Å². The molecule has 1 aliphatic rings. The smallest absolute Gasteiger partial charge is 0.0377 e. The highest BCUT2D eigenvalue weighted by Crippen LogP contribution is 2.44. The molecule has 0 bridgehead atoms. The third-order valence-corrected chi connectivity index (χ3v) is 6.03. The molecule has 1 aliphatic carbocycles. The first-order valence-corrected chi connectivity index (χ1v) is 8.82. The second-order valence-electron chi connectivity index (χ2n) is 6.20. The number of fused-ring (bicyclic) bond motifs is 1. The lowest BCUT2D eigenvalue weighted by Crippen LogP contribution is -2.30. The molecule has 3 rings (SSSR count). The summed E-state index contributed by atoms with van der Waals surface area (Å²) >= 11 is 1.92. The molecule has 1 nitrogen and oxygen atoms in total. The number of nitrogens with one attached hydrogen (secondary N) is 1. The molecule has 0 aliphatic heterocycles. The summed E-state index contributed by atoms with van der Waals surface area (Å²) in [6, 6.07) is 9.14. The Kier molecular flexibility index (Phi) is 4.42. The van der Waals surface area contributed by atoms with Crippen molar-refractivity contribution in [2.75, 3.05) is 13.6 Å². The highest BCUT2D eigenvalue weighted by Gasteiger charge is 2.31. The largest absolute Gasteiger partial charge is 0.319 e. The van der Waals surface area contributed by atoms with Crippen molar-refractivity contribution >= 4 is 21.4 Å². The highest BCUT2D eigenvalue weighted by atomic mass is 32.1. The minimum atomic E-state index is 0.739. The van der Waals surface area contributed by atoms with Crippen LogP contribution in [0.25, 0.3) is 10.1 Å². The predicted molar refractivity (Wildman–Crippen MR) is 89.6 cm³/mol. The maximum Gasteiger partial charge on any atom is 0.0377 e. The Morgan fingerprint density at radius 2 is 2.15 bits per heavy atom. The Hall–Kier alpha value is -0.860. The number of hydrogen-bond acceptors (Lipinski definition) is 2. The Morgan fingerprint density at radius 3 is 2.95 bits per heavy atom. The molecule has 1 N–H and O–H groups in total. The molecule has 2 aromatic rings. The lowest BCUT2D eigenvalue weighted by Gasteiger charge is -2.36. The second-order valence-corrected chi connectivity index (χ2v) is 7.11. The second kappa shape index (κ2) is 6.28. The fraction of sp³-hybridized carbons (Fsp3) is 0.556. The molecule has 0 radical (unpaired) electrons.